The molecule has 27 heavy (non-hydrogen) atoms. The van der Waals surface area contributed by atoms with E-state index in [-0.39, 0.29) is 24.4 Å². The zero-order valence-corrected chi connectivity index (χ0v) is 16.3. The van der Waals surface area contributed by atoms with Crippen molar-refractivity contribution in [1.29, 1.82) is 0 Å². The molecule has 2 heterocycles. The van der Waals surface area contributed by atoms with Crippen LogP contribution >= 0.6 is 11.3 Å². The van der Waals surface area contributed by atoms with Crippen molar-refractivity contribution in [3.05, 3.63) is 35.3 Å². The fraction of sp³-hybridized carbons (Fsp3) is 0.444. The van der Waals surface area contributed by atoms with Gasteiger partial charge in [0.2, 0.25) is 11.0 Å². The van der Waals surface area contributed by atoms with Crippen LogP contribution < -0.4 is 15.5 Å². The van der Waals surface area contributed by atoms with Gasteiger partial charge in [0.05, 0.1) is 6.54 Å². The smallest absolute Gasteiger partial charge is 0.317 e. The van der Waals surface area contributed by atoms with Gasteiger partial charge in [0.25, 0.3) is 0 Å². The number of aromatic nitrogens is 2. The van der Waals surface area contributed by atoms with Crippen molar-refractivity contribution in [3.63, 3.8) is 0 Å². The van der Waals surface area contributed by atoms with Gasteiger partial charge in [0.15, 0.2) is 0 Å². The lowest BCUT2D eigenvalue weighted by molar-refractivity contribution is -0.115. The van der Waals surface area contributed by atoms with Gasteiger partial charge in [-0.3, -0.25) is 10.1 Å². The van der Waals surface area contributed by atoms with Crippen LogP contribution in [0.2, 0.25) is 0 Å². The minimum atomic E-state index is -0.308. The molecule has 0 bridgehead atoms. The average Bonchev–Trinajstić information content (AvgIpc) is 3.16. The van der Waals surface area contributed by atoms with E-state index in [9.17, 15) is 9.59 Å². The molecule has 0 radical (unpaired) electrons. The van der Waals surface area contributed by atoms with Crippen molar-refractivity contribution in [2.24, 2.45) is 0 Å². The first-order valence-electron chi connectivity index (χ1n) is 8.99. The number of anilines is 2. The number of para-hydroxylation sites is 1. The molecular weight excluding hydrogens is 364 g/mol. The van der Waals surface area contributed by atoms with Crippen molar-refractivity contribution < 1.29 is 9.59 Å². The Bertz CT molecular complexity index is 771. The van der Waals surface area contributed by atoms with Crippen LogP contribution in [0.15, 0.2) is 30.3 Å². The highest BCUT2D eigenvalue weighted by molar-refractivity contribution is 7.15. The van der Waals surface area contributed by atoms with E-state index in [1.165, 1.54) is 11.3 Å². The largest absolute Gasteiger partial charge is 0.368 e. The third-order valence-electron chi connectivity index (χ3n) is 4.27. The Morgan fingerprint density at radius 1 is 1.11 bits per heavy atom. The summed E-state index contributed by atoms with van der Waals surface area (Å²) in [6, 6.07) is 9.92. The van der Waals surface area contributed by atoms with Crippen LogP contribution in [0.5, 0.6) is 0 Å². The first-order valence-corrected chi connectivity index (χ1v) is 9.80. The van der Waals surface area contributed by atoms with Crippen LogP contribution in [-0.2, 0) is 4.79 Å². The molecule has 1 aromatic carbocycles. The SMILES string of the molecule is CC(C)c1nnc(NC(=O)CNC(=O)N2CCN(c3ccccc3)CC2)s1. The number of hydrogen-bond donors (Lipinski definition) is 2. The van der Waals surface area contributed by atoms with E-state index in [1.807, 2.05) is 32.0 Å². The fourth-order valence-corrected chi connectivity index (χ4v) is 3.52. The Balaban J connectivity index is 1.41. The summed E-state index contributed by atoms with van der Waals surface area (Å²) in [6.45, 7) is 6.73. The van der Waals surface area contributed by atoms with Crippen LogP contribution in [0.4, 0.5) is 15.6 Å². The van der Waals surface area contributed by atoms with E-state index in [0.29, 0.717) is 18.2 Å². The van der Waals surface area contributed by atoms with Crippen molar-refractivity contribution in [1.82, 2.24) is 20.4 Å². The molecule has 0 atom stereocenters. The van der Waals surface area contributed by atoms with E-state index < -0.39 is 0 Å². The van der Waals surface area contributed by atoms with Crippen molar-refractivity contribution in [2.45, 2.75) is 19.8 Å². The molecule has 0 saturated carbocycles. The van der Waals surface area contributed by atoms with Crippen LogP contribution in [0.3, 0.4) is 0 Å². The number of amides is 3. The van der Waals surface area contributed by atoms with E-state index >= 15 is 0 Å². The molecule has 1 aromatic heterocycles. The van der Waals surface area contributed by atoms with Crippen LogP contribution in [0, 0.1) is 0 Å². The number of nitrogens with one attached hydrogen (secondary N) is 2. The molecule has 1 saturated heterocycles. The highest BCUT2D eigenvalue weighted by atomic mass is 32.1. The molecule has 1 aliphatic rings. The van der Waals surface area contributed by atoms with Gasteiger partial charge >= 0.3 is 6.03 Å². The predicted molar refractivity (Wildman–Crippen MR) is 106 cm³/mol. The third kappa shape index (κ3) is 5.16. The van der Waals surface area contributed by atoms with Gasteiger partial charge in [0, 0.05) is 37.8 Å². The summed E-state index contributed by atoms with van der Waals surface area (Å²) in [7, 11) is 0. The number of hydrogen-bond acceptors (Lipinski definition) is 6. The number of urea groups is 1. The molecule has 0 unspecified atom stereocenters. The minimum Gasteiger partial charge on any atom is -0.368 e. The van der Waals surface area contributed by atoms with Gasteiger partial charge in [-0.15, -0.1) is 10.2 Å². The fourth-order valence-electron chi connectivity index (χ4n) is 2.76. The minimum absolute atomic E-state index is 0.0890. The summed E-state index contributed by atoms with van der Waals surface area (Å²) in [5.74, 6) is -0.0415. The molecule has 144 valence electrons. The Morgan fingerprint density at radius 3 is 2.44 bits per heavy atom. The maximum atomic E-state index is 12.3. The number of piperazine rings is 1. The highest BCUT2D eigenvalue weighted by Gasteiger charge is 2.21. The summed E-state index contributed by atoms with van der Waals surface area (Å²) in [5.41, 5.74) is 1.16. The summed E-state index contributed by atoms with van der Waals surface area (Å²) >= 11 is 1.35. The van der Waals surface area contributed by atoms with E-state index in [0.717, 1.165) is 23.8 Å². The first-order chi connectivity index (χ1) is 13.0. The van der Waals surface area contributed by atoms with Crippen molar-refractivity contribution in [2.75, 3.05) is 42.9 Å². The van der Waals surface area contributed by atoms with Crippen molar-refractivity contribution >= 4 is 34.1 Å². The predicted octanol–water partition coefficient (Wildman–Crippen LogP) is 2.13. The maximum absolute atomic E-state index is 12.3. The second-order valence-corrected chi connectivity index (χ2v) is 7.63. The summed E-state index contributed by atoms with van der Waals surface area (Å²) < 4.78 is 0. The first kappa shape index (κ1) is 19.1. The molecule has 9 heteroatoms. The lowest BCUT2D eigenvalue weighted by Gasteiger charge is -2.36. The second kappa shape index (κ2) is 8.81. The van der Waals surface area contributed by atoms with Gasteiger partial charge in [-0.25, -0.2) is 4.79 Å². The third-order valence-corrected chi connectivity index (χ3v) is 5.41. The standard InChI is InChI=1S/C18H24N6O2S/c1-13(2)16-21-22-17(27-16)20-15(25)12-19-18(26)24-10-8-23(9-11-24)14-6-4-3-5-7-14/h3-7,13H,8-12H2,1-2H3,(H,19,26)(H,20,22,25). The number of benzene rings is 1. The number of nitrogens with zero attached hydrogens (tertiary/aromatic N) is 4. The van der Waals surface area contributed by atoms with Crippen molar-refractivity contribution in [3.8, 4) is 0 Å². The van der Waals surface area contributed by atoms with E-state index in [1.54, 1.807) is 4.90 Å². The molecule has 8 nitrogen and oxygen atoms in total. The Labute approximate surface area is 162 Å². The number of carbonyl (C=O) groups is 2. The van der Waals surface area contributed by atoms with E-state index in [4.69, 9.17) is 0 Å². The van der Waals surface area contributed by atoms with E-state index in [2.05, 4.69) is 37.9 Å². The molecule has 2 aromatic rings. The van der Waals surface area contributed by atoms with Gasteiger partial charge in [-0.1, -0.05) is 43.4 Å². The molecule has 3 amide bonds. The summed E-state index contributed by atoms with van der Waals surface area (Å²) in [4.78, 5) is 28.3. The monoisotopic (exact) mass is 388 g/mol. The van der Waals surface area contributed by atoms with Crippen LogP contribution in [0.1, 0.15) is 24.8 Å². The Hall–Kier alpha value is -2.68. The Kier molecular flexibility index (Phi) is 6.23. The molecule has 0 spiro atoms. The highest BCUT2D eigenvalue weighted by Crippen LogP contribution is 2.22. The van der Waals surface area contributed by atoms with Gasteiger partial charge in [0.1, 0.15) is 5.01 Å². The molecule has 3 rings (SSSR count). The molecule has 1 fully saturated rings. The zero-order valence-electron chi connectivity index (χ0n) is 15.5. The van der Waals surface area contributed by atoms with Crippen LogP contribution in [-0.4, -0.2) is 59.8 Å². The van der Waals surface area contributed by atoms with Gasteiger partial charge in [-0.2, -0.15) is 0 Å². The second-order valence-electron chi connectivity index (χ2n) is 6.62. The number of carbonyl (C=O) groups excluding carboxylic acids is 2. The number of rotatable bonds is 5. The Morgan fingerprint density at radius 2 is 1.81 bits per heavy atom. The molecular formula is C18H24N6O2S. The lowest BCUT2D eigenvalue weighted by Crippen LogP contribution is -2.52. The summed E-state index contributed by atoms with van der Waals surface area (Å²) in [6.07, 6.45) is 0. The normalized spacial score (nSPS) is 14.3. The van der Waals surface area contributed by atoms with Gasteiger partial charge < -0.3 is 15.1 Å². The topological polar surface area (TPSA) is 90.5 Å². The average molecular weight is 388 g/mol. The lowest BCUT2D eigenvalue weighted by atomic mass is 10.2. The zero-order chi connectivity index (χ0) is 19.2. The quantitative estimate of drug-likeness (QED) is 0.819. The van der Waals surface area contributed by atoms with Gasteiger partial charge in [-0.05, 0) is 12.1 Å². The van der Waals surface area contributed by atoms with Crippen LogP contribution in [0.25, 0.3) is 0 Å². The molecule has 2 N–H and O–H groups in total. The summed E-state index contributed by atoms with van der Waals surface area (Å²) in [5, 5.41) is 14.6. The maximum Gasteiger partial charge on any atom is 0.317 e. The molecule has 1 aliphatic heterocycles. The molecule has 0 aliphatic carbocycles.